The normalized spacial score (nSPS) is 31.0. The fraction of sp³-hybridized carbons (Fsp3) is 1.00. The SMILES string of the molecule is CC(C)C1CCCCN1C1CCNCC1. The van der Waals surface area contributed by atoms with Crippen LogP contribution in [0, 0.1) is 5.92 Å². The second-order valence-corrected chi connectivity index (χ2v) is 5.53. The first kappa shape index (κ1) is 11.4. The number of hydrogen-bond donors (Lipinski definition) is 1. The summed E-state index contributed by atoms with van der Waals surface area (Å²) in [7, 11) is 0. The zero-order valence-electron chi connectivity index (χ0n) is 10.3. The van der Waals surface area contributed by atoms with Crippen molar-refractivity contribution in [1.82, 2.24) is 10.2 Å². The summed E-state index contributed by atoms with van der Waals surface area (Å²) in [4.78, 5) is 2.83. The molecule has 2 heteroatoms. The van der Waals surface area contributed by atoms with Gasteiger partial charge in [-0.15, -0.1) is 0 Å². The van der Waals surface area contributed by atoms with Crippen molar-refractivity contribution >= 4 is 0 Å². The molecule has 2 saturated heterocycles. The molecule has 0 bridgehead atoms. The molecule has 15 heavy (non-hydrogen) atoms. The lowest BCUT2D eigenvalue weighted by atomic mass is 9.89. The van der Waals surface area contributed by atoms with Crippen molar-refractivity contribution in [2.45, 2.75) is 58.0 Å². The molecule has 0 aliphatic carbocycles. The Hall–Kier alpha value is -0.0800. The van der Waals surface area contributed by atoms with Gasteiger partial charge in [0.2, 0.25) is 0 Å². The van der Waals surface area contributed by atoms with Gasteiger partial charge in [0.25, 0.3) is 0 Å². The van der Waals surface area contributed by atoms with Gasteiger partial charge in [0.1, 0.15) is 0 Å². The highest BCUT2D eigenvalue weighted by molar-refractivity contribution is 4.86. The third kappa shape index (κ3) is 2.73. The van der Waals surface area contributed by atoms with Crippen LogP contribution in [0.2, 0.25) is 0 Å². The maximum atomic E-state index is 3.47. The van der Waals surface area contributed by atoms with Crippen molar-refractivity contribution < 1.29 is 0 Å². The third-order valence-electron chi connectivity index (χ3n) is 4.14. The highest BCUT2D eigenvalue weighted by atomic mass is 15.2. The van der Waals surface area contributed by atoms with Gasteiger partial charge < -0.3 is 5.32 Å². The second-order valence-electron chi connectivity index (χ2n) is 5.53. The van der Waals surface area contributed by atoms with E-state index in [2.05, 4.69) is 24.1 Å². The number of nitrogens with one attached hydrogen (secondary N) is 1. The second kappa shape index (κ2) is 5.31. The van der Waals surface area contributed by atoms with Crippen LogP contribution < -0.4 is 5.32 Å². The molecule has 0 aromatic rings. The molecule has 0 spiro atoms. The van der Waals surface area contributed by atoms with Gasteiger partial charge in [0.05, 0.1) is 0 Å². The summed E-state index contributed by atoms with van der Waals surface area (Å²) in [5.41, 5.74) is 0. The Morgan fingerprint density at radius 2 is 1.80 bits per heavy atom. The average Bonchev–Trinajstić information content (AvgIpc) is 2.30. The highest BCUT2D eigenvalue weighted by Gasteiger charge is 2.30. The molecule has 0 aromatic carbocycles. The van der Waals surface area contributed by atoms with E-state index in [-0.39, 0.29) is 0 Å². The van der Waals surface area contributed by atoms with Gasteiger partial charge in [-0.2, -0.15) is 0 Å². The van der Waals surface area contributed by atoms with Crippen molar-refractivity contribution in [1.29, 1.82) is 0 Å². The molecule has 2 nitrogen and oxygen atoms in total. The molecule has 0 aromatic heterocycles. The Bertz CT molecular complexity index is 185. The van der Waals surface area contributed by atoms with Crippen LogP contribution in [0.1, 0.15) is 46.0 Å². The van der Waals surface area contributed by atoms with Crippen LogP contribution in [0.15, 0.2) is 0 Å². The summed E-state index contributed by atoms with van der Waals surface area (Å²) >= 11 is 0. The molecule has 1 atom stereocenters. The highest BCUT2D eigenvalue weighted by Crippen LogP contribution is 2.27. The van der Waals surface area contributed by atoms with E-state index in [0.717, 1.165) is 18.0 Å². The van der Waals surface area contributed by atoms with Gasteiger partial charge in [0, 0.05) is 12.1 Å². The smallest absolute Gasteiger partial charge is 0.0122 e. The molecule has 2 fully saturated rings. The topological polar surface area (TPSA) is 15.3 Å². The molecule has 0 saturated carbocycles. The predicted octanol–water partition coefficient (Wildman–Crippen LogP) is 2.25. The minimum absolute atomic E-state index is 0.834. The fourth-order valence-corrected chi connectivity index (χ4v) is 3.29. The first-order chi connectivity index (χ1) is 7.29. The minimum Gasteiger partial charge on any atom is -0.317 e. The van der Waals surface area contributed by atoms with Crippen molar-refractivity contribution in [3.63, 3.8) is 0 Å². The molecule has 0 radical (unpaired) electrons. The van der Waals surface area contributed by atoms with Gasteiger partial charge in [-0.05, 0) is 51.2 Å². The lowest BCUT2D eigenvalue weighted by Gasteiger charge is -2.44. The molecule has 2 heterocycles. The summed E-state index contributed by atoms with van der Waals surface area (Å²) in [5, 5.41) is 3.47. The van der Waals surface area contributed by atoms with E-state index in [0.29, 0.717) is 0 Å². The number of hydrogen-bond acceptors (Lipinski definition) is 2. The van der Waals surface area contributed by atoms with Gasteiger partial charge >= 0.3 is 0 Å². The lowest BCUT2D eigenvalue weighted by molar-refractivity contribution is 0.0514. The first-order valence-corrected chi connectivity index (χ1v) is 6.75. The Kier molecular flexibility index (Phi) is 4.04. The Labute approximate surface area is 94.4 Å². The number of likely N-dealkylation sites (tertiary alicyclic amines) is 1. The van der Waals surface area contributed by atoms with Gasteiger partial charge in [-0.25, -0.2) is 0 Å². The van der Waals surface area contributed by atoms with Crippen LogP contribution in [0.5, 0.6) is 0 Å². The van der Waals surface area contributed by atoms with Crippen molar-refractivity contribution in [3.05, 3.63) is 0 Å². The quantitative estimate of drug-likeness (QED) is 0.752. The number of piperidine rings is 2. The number of nitrogens with zero attached hydrogens (tertiary/aromatic N) is 1. The van der Waals surface area contributed by atoms with Crippen LogP contribution in [0.3, 0.4) is 0 Å². The summed E-state index contributed by atoms with van der Waals surface area (Å²) in [6.07, 6.45) is 7.03. The first-order valence-electron chi connectivity index (χ1n) is 6.75. The lowest BCUT2D eigenvalue weighted by Crippen LogP contribution is -2.51. The molecule has 2 aliphatic heterocycles. The summed E-state index contributed by atoms with van der Waals surface area (Å²) in [6, 6.07) is 1.74. The molecular weight excluding hydrogens is 184 g/mol. The van der Waals surface area contributed by atoms with E-state index in [1.165, 1.54) is 51.7 Å². The van der Waals surface area contributed by atoms with E-state index < -0.39 is 0 Å². The van der Waals surface area contributed by atoms with Crippen LogP contribution in [0.4, 0.5) is 0 Å². The Balaban J connectivity index is 1.96. The predicted molar refractivity (Wildman–Crippen MR) is 65.1 cm³/mol. The molecule has 2 aliphatic rings. The monoisotopic (exact) mass is 210 g/mol. The van der Waals surface area contributed by atoms with Crippen molar-refractivity contribution in [3.8, 4) is 0 Å². The maximum absolute atomic E-state index is 3.47. The molecular formula is C13H26N2. The van der Waals surface area contributed by atoms with Gasteiger partial charge in [-0.3, -0.25) is 4.90 Å². The minimum atomic E-state index is 0.834. The van der Waals surface area contributed by atoms with Gasteiger partial charge in [-0.1, -0.05) is 20.3 Å². The summed E-state index contributed by atoms with van der Waals surface area (Å²) in [5.74, 6) is 0.834. The molecule has 88 valence electrons. The average molecular weight is 210 g/mol. The molecule has 1 unspecified atom stereocenters. The zero-order chi connectivity index (χ0) is 10.7. The molecule has 1 N–H and O–H groups in total. The molecule has 2 rings (SSSR count). The van der Waals surface area contributed by atoms with E-state index in [1.54, 1.807) is 0 Å². The van der Waals surface area contributed by atoms with E-state index >= 15 is 0 Å². The third-order valence-corrected chi connectivity index (χ3v) is 4.14. The number of rotatable bonds is 2. The van der Waals surface area contributed by atoms with Crippen molar-refractivity contribution in [2.75, 3.05) is 19.6 Å². The van der Waals surface area contributed by atoms with Crippen molar-refractivity contribution in [2.24, 2.45) is 5.92 Å². The van der Waals surface area contributed by atoms with E-state index in [4.69, 9.17) is 0 Å². The summed E-state index contributed by atoms with van der Waals surface area (Å²) in [6.45, 7) is 8.60. The zero-order valence-corrected chi connectivity index (χ0v) is 10.3. The Morgan fingerprint density at radius 3 is 2.47 bits per heavy atom. The maximum Gasteiger partial charge on any atom is 0.0122 e. The standard InChI is InChI=1S/C13H26N2/c1-11(2)13-5-3-4-10-15(13)12-6-8-14-9-7-12/h11-14H,3-10H2,1-2H3. The fourth-order valence-electron chi connectivity index (χ4n) is 3.29. The van der Waals surface area contributed by atoms with Crippen LogP contribution in [0.25, 0.3) is 0 Å². The molecule has 0 amide bonds. The Morgan fingerprint density at radius 1 is 1.07 bits per heavy atom. The van der Waals surface area contributed by atoms with Gasteiger partial charge in [0.15, 0.2) is 0 Å². The van der Waals surface area contributed by atoms with E-state index in [9.17, 15) is 0 Å². The van der Waals surface area contributed by atoms with Crippen LogP contribution >= 0.6 is 0 Å². The van der Waals surface area contributed by atoms with Crippen LogP contribution in [-0.4, -0.2) is 36.6 Å². The van der Waals surface area contributed by atoms with Crippen LogP contribution in [-0.2, 0) is 0 Å². The summed E-state index contributed by atoms with van der Waals surface area (Å²) < 4.78 is 0. The van der Waals surface area contributed by atoms with E-state index in [1.807, 2.05) is 0 Å². The largest absolute Gasteiger partial charge is 0.317 e.